The average molecular weight is 459 g/mol. The molecule has 5 unspecified atom stereocenters. The number of aromatic hydroxyl groups is 1. The number of amides is 1. The van der Waals surface area contributed by atoms with Gasteiger partial charge in [-0.05, 0) is 25.0 Å². The first-order valence-corrected chi connectivity index (χ1v) is 10.4. The number of hydrogen-bond acceptors (Lipinski definition) is 8. The third-order valence-corrected chi connectivity index (χ3v) is 7.30. The first-order valence-electron chi connectivity index (χ1n) is 10.4. The largest absolute Gasteiger partial charge is 0.508 e. The maximum absolute atomic E-state index is 13.8. The molecule has 33 heavy (non-hydrogen) atoms. The molecule has 4 rings (SSSR count). The molecule has 10 nitrogen and oxygen atoms in total. The number of hydrogen-bond donors (Lipinski definition) is 6. The third kappa shape index (κ3) is 2.74. The van der Waals surface area contributed by atoms with Crippen LogP contribution in [0.4, 0.5) is 0 Å². The zero-order chi connectivity index (χ0) is 24.8. The molecule has 7 N–H and O–H groups in total. The molecule has 3 aliphatic carbocycles. The number of aliphatic hydroxyl groups is 4. The van der Waals surface area contributed by atoms with Gasteiger partial charge in [-0.1, -0.05) is 12.1 Å². The quantitative estimate of drug-likeness (QED) is 0.259. The first kappa shape index (κ1) is 23.0. The Morgan fingerprint density at radius 2 is 1.73 bits per heavy atom. The van der Waals surface area contributed by atoms with Crippen LogP contribution < -0.4 is 5.73 Å². The van der Waals surface area contributed by atoms with Crippen LogP contribution in [-0.4, -0.2) is 80.3 Å². The molecule has 1 saturated carbocycles. The van der Waals surface area contributed by atoms with E-state index in [1.807, 2.05) is 0 Å². The van der Waals surface area contributed by atoms with E-state index in [0.29, 0.717) is 0 Å². The smallest absolute Gasteiger partial charge is 0.256 e. The van der Waals surface area contributed by atoms with Crippen LogP contribution in [-0.2, 0) is 20.0 Å². The van der Waals surface area contributed by atoms with Crippen LogP contribution >= 0.6 is 0 Å². The van der Waals surface area contributed by atoms with E-state index in [9.17, 15) is 39.9 Å². The summed E-state index contributed by atoms with van der Waals surface area (Å²) in [6.07, 6.45) is -0.189. The second-order valence-corrected chi connectivity index (χ2v) is 10.1. The molecule has 0 aromatic heterocycles. The fourth-order valence-corrected chi connectivity index (χ4v) is 5.80. The van der Waals surface area contributed by atoms with E-state index < -0.39 is 75.0 Å². The number of quaternary nitrogens is 1. The number of aliphatic hydroxyl groups excluding tert-OH is 2. The standard InChI is InChI=1S/C23H26N2O8/c1-22(32)9-6-5-7-12(26)13(9)17(27)14-10(22)8-11-16(25(2,3)4)18(28)15(21(24)31)20(30)23(11,33)19(14)29/h5-7,10-11,16,32-33H,8H2,1-4H3,(H4-,24,26,27,28,29,30,31)/p+1. The summed E-state index contributed by atoms with van der Waals surface area (Å²) in [4.78, 5) is 39.1. The van der Waals surface area contributed by atoms with Crippen molar-refractivity contribution in [3.05, 3.63) is 46.2 Å². The molecular weight excluding hydrogens is 432 g/mol. The fourth-order valence-electron chi connectivity index (χ4n) is 5.80. The van der Waals surface area contributed by atoms with Crippen LogP contribution in [0.25, 0.3) is 5.76 Å². The number of nitrogens with two attached hydrogens (primary N) is 1. The number of primary amides is 1. The number of benzene rings is 1. The second-order valence-electron chi connectivity index (χ2n) is 10.1. The van der Waals surface area contributed by atoms with Crippen molar-refractivity contribution in [3.8, 4) is 5.75 Å². The Kier molecular flexibility index (Phi) is 4.63. The summed E-state index contributed by atoms with van der Waals surface area (Å²) < 4.78 is -0.111. The second kappa shape index (κ2) is 6.66. The lowest BCUT2D eigenvalue weighted by molar-refractivity contribution is -0.891. The van der Waals surface area contributed by atoms with Gasteiger partial charge in [-0.15, -0.1) is 0 Å². The molecule has 0 aliphatic heterocycles. The van der Waals surface area contributed by atoms with Crippen LogP contribution in [0.1, 0.15) is 24.5 Å². The van der Waals surface area contributed by atoms with E-state index in [1.54, 1.807) is 21.1 Å². The van der Waals surface area contributed by atoms with Crippen LogP contribution in [0.2, 0.25) is 0 Å². The number of rotatable bonds is 2. The molecule has 5 atom stereocenters. The Bertz CT molecular complexity index is 1190. The Morgan fingerprint density at radius 1 is 1.12 bits per heavy atom. The number of likely N-dealkylation sites (N-methyl/N-ethyl adjacent to an activating group) is 1. The van der Waals surface area contributed by atoms with Crippen LogP contribution in [0.15, 0.2) is 35.1 Å². The maximum Gasteiger partial charge on any atom is 0.256 e. The van der Waals surface area contributed by atoms with Gasteiger partial charge >= 0.3 is 0 Å². The van der Waals surface area contributed by atoms with E-state index >= 15 is 0 Å². The van der Waals surface area contributed by atoms with Crippen molar-refractivity contribution in [2.45, 2.75) is 30.6 Å². The van der Waals surface area contributed by atoms with Crippen molar-refractivity contribution in [3.63, 3.8) is 0 Å². The summed E-state index contributed by atoms with van der Waals surface area (Å²) in [5.74, 6) is -7.81. The van der Waals surface area contributed by atoms with E-state index in [0.717, 1.165) is 0 Å². The van der Waals surface area contributed by atoms with Crippen molar-refractivity contribution in [2.24, 2.45) is 17.6 Å². The van der Waals surface area contributed by atoms with Gasteiger partial charge in [0, 0.05) is 11.5 Å². The van der Waals surface area contributed by atoms with Crippen molar-refractivity contribution < 1.29 is 44.4 Å². The first-order chi connectivity index (χ1) is 15.1. The highest BCUT2D eigenvalue weighted by Gasteiger charge is 2.68. The highest BCUT2D eigenvalue weighted by molar-refractivity contribution is 6.24. The number of nitrogens with zero attached hydrogens (tertiary/aromatic N) is 1. The highest BCUT2D eigenvalue weighted by atomic mass is 16.3. The van der Waals surface area contributed by atoms with Crippen LogP contribution in [0.5, 0.6) is 5.75 Å². The summed E-state index contributed by atoms with van der Waals surface area (Å²) in [6.45, 7) is 1.41. The highest BCUT2D eigenvalue weighted by Crippen LogP contribution is 2.57. The van der Waals surface area contributed by atoms with Crippen LogP contribution in [0, 0.1) is 11.8 Å². The molecule has 0 heterocycles. The Morgan fingerprint density at radius 3 is 2.27 bits per heavy atom. The molecule has 0 saturated heterocycles. The number of carbonyl (C=O) groups excluding carboxylic acids is 3. The predicted molar refractivity (Wildman–Crippen MR) is 114 cm³/mol. The Balaban J connectivity index is 2.07. The fraction of sp³-hybridized carbons (Fsp3) is 0.435. The molecule has 1 aromatic rings. The third-order valence-electron chi connectivity index (χ3n) is 7.30. The zero-order valence-corrected chi connectivity index (χ0v) is 18.7. The lowest BCUT2D eigenvalue weighted by Gasteiger charge is -2.53. The number of phenolic OH excluding ortho intramolecular Hbond substituents is 1. The van der Waals surface area contributed by atoms with Gasteiger partial charge in [0.1, 0.15) is 22.8 Å². The molecule has 10 heteroatoms. The summed E-state index contributed by atoms with van der Waals surface area (Å²) in [6, 6.07) is 3.09. The summed E-state index contributed by atoms with van der Waals surface area (Å²) >= 11 is 0. The normalized spacial score (nSPS) is 34.1. The molecule has 0 spiro atoms. The summed E-state index contributed by atoms with van der Waals surface area (Å²) in [5.41, 5.74) is -0.460. The van der Waals surface area contributed by atoms with Crippen LogP contribution in [0.3, 0.4) is 0 Å². The van der Waals surface area contributed by atoms with Gasteiger partial charge in [0.15, 0.2) is 11.6 Å². The molecule has 1 fully saturated rings. The minimum Gasteiger partial charge on any atom is -0.508 e. The number of ketones is 2. The summed E-state index contributed by atoms with van der Waals surface area (Å²) in [5, 5.41) is 55.3. The van der Waals surface area contributed by atoms with E-state index in [-0.39, 0.29) is 22.0 Å². The Labute approximate surface area is 189 Å². The number of phenols is 1. The van der Waals surface area contributed by atoms with Crippen molar-refractivity contribution in [2.75, 3.05) is 21.1 Å². The minimum atomic E-state index is -2.74. The van der Waals surface area contributed by atoms with E-state index in [1.165, 1.54) is 25.1 Å². The van der Waals surface area contributed by atoms with E-state index in [2.05, 4.69) is 0 Å². The number of fused-ring (bicyclic) bond motifs is 3. The summed E-state index contributed by atoms with van der Waals surface area (Å²) in [7, 11) is 4.89. The maximum atomic E-state index is 13.8. The van der Waals surface area contributed by atoms with Gasteiger partial charge < -0.3 is 35.7 Å². The lowest BCUT2D eigenvalue weighted by atomic mass is 9.54. The number of Topliss-reactive ketones (excluding diaryl/α,β-unsaturated/α-hetero) is 2. The molecule has 1 aromatic carbocycles. The average Bonchev–Trinajstić information content (AvgIpc) is 2.67. The number of carbonyl (C=O) groups is 3. The van der Waals surface area contributed by atoms with Crippen molar-refractivity contribution in [1.29, 1.82) is 0 Å². The minimum absolute atomic E-state index is 0.111. The van der Waals surface area contributed by atoms with Gasteiger partial charge in [0.05, 0.1) is 38.2 Å². The zero-order valence-electron chi connectivity index (χ0n) is 18.7. The molecule has 176 valence electrons. The van der Waals surface area contributed by atoms with E-state index in [4.69, 9.17) is 5.73 Å². The Hall–Kier alpha value is -3.21. The monoisotopic (exact) mass is 459 g/mol. The predicted octanol–water partition coefficient (Wildman–Crippen LogP) is -0.226. The molecule has 3 aliphatic rings. The van der Waals surface area contributed by atoms with Gasteiger partial charge in [-0.3, -0.25) is 14.4 Å². The molecule has 0 radical (unpaired) electrons. The van der Waals surface area contributed by atoms with Gasteiger partial charge in [0.25, 0.3) is 5.91 Å². The van der Waals surface area contributed by atoms with Gasteiger partial charge in [-0.25, -0.2) is 0 Å². The van der Waals surface area contributed by atoms with Crippen molar-refractivity contribution >= 4 is 23.2 Å². The SMILES string of the molecule is CC1(O)c2cccc(O)c2C(O)=C2C(=O)C3(O)C(O)=C(C(N)=O)C(=O)C([N+](C)(C)C)C3CC21. The molecule has 1 amide bonds. The van der Waals surface area contributed by atoms with Gasteiger partial charge in [0.2, 0.25) is 11.6 Å². The van der Waals surface area contributed by atoms with Crippen molar-refractivity contribution in [1.82, 2.24) is 0 Å². The topological polar surface area (TPSA) is 178 Å². The lowest BCUT2D eigenvalue weighted by Crippen LogP contribution is -2.70. The molecular formula is C23H27N2O8+. The molecule has 0 bridgehead atoms. The van der Waals surface area contributed by atoms with Gasteiger partial charge in [-0.2, -0.15) is 0 Å².